The van der Waals surface area contributed by atoms with Crippen LogP contribution in [0, 0.1) is 0 Å². The molecule has 1 aromatic rings. The van der Waals surface area contributed by atoms with Crippen LogP contribution in [0.25, 0.3) is 0 Å². The molecule has 114 valence electrons. The van der Waals surface area contributed by atoms with Gasteiger partial charge in [-0.05, 0) is 44.0 Å². The molecule has 0 spiro atoms. The summed E-state index contributed by atoms with van der Waals surface area (Å²) in [7, 11) is 0. The van der Waals surface area contributed by atoms with Crippen molar-refractivity contribution < 1.29 is 14.3 Å². The number of nitrogens with one attached hydrogen (secondary N) is 2. The standard InChI is InChI=1S/C15H21N3O3/c1-2-21-14(19)11-16-15(20)17-12-5-7-13(8-6-12)18-9-3-4-10-18/h5-8H,2-4,9-11H2,1H3,(H2,16,17,20). The van der Waals surface area contributed by atoms with Crippen molar-refractivity contribution >= 4 is 23.4 Å². The molecule has 2 N–H and O–H groups in total. The van der Waals surface area contributed by atoms with Gasteiger partial charge in [-0.2, -0.15) is 0 Å². The second kappa shape index (κ2) is 7.52. The Balaban J connectivity index is 1.79. The van der Waals surface area contributed by atoms with Crippen molar-refractivity contribution in [3.63, 3.8) is 0 Å². The second-order valence-corrected chi connectivity index (χ2v) is 4.85. The molecule has 0 bridgehead atoms. The molecule has 1 fully saturated rings. The first kappa shape index (κ1) is 15.2. The quantitative estimate of drug-likeness (QED) is 0.814. The topological polar surface area (TPSA) is 70.7 Å². The van der Waals surface area contributed by atoms with Crippen LogP contribution in [0.15, 0.2) is 24.3 Å². The van der Waals surface area contributed by atoms with Crippen LogP contribution >= 0.6 is 0 Å². The number of amides is 2. The van der Waals surface area contributed by atoms with Crippen molar-refractivity contribution in [1.29, 1.82) is 0 Å². The van der Waals surface area contributed by atoms with Gasteiger partial charge in [-0.3, -0.25) is 4.79 Å². The third-order valence-electron chi connectivity index (χ3n) is 3.29. The Hall–Kier alpha value is -2.24. The van der Waals surface area contributed by atoms with E-state index in [0.29, 0.717) is 12.3 Å². The van der Waals surface area contributed by atoms with E-state index in [0.717, 1.165) is 13.1 Å². The zero-order valence-corrected chi connectivity index (χ0v) is 12.2. The summed E-state index contributed by atoms with van der Waals surface area (Å²) in [5.41, 5.74) is 1.87. The number of nitrogens with zero attached hydrogens (tertiary/aromatic N) is 1. The lowest BCUT2D eigenvalue weighted by molar-refractivity contribution is -0.141. The lowest BCUT2D eigenvalue weighted by Gasteiger charge is -2.17. The molecule has 2 rings (SSSR count). The summed E-state index contributed by atoms with van der Waals surface area (Å²) in [5.74, 6) is -0.447. The maximum absolute atomic E-state index is 11.6. The van der Waals surface area contributed by atoms with Gasteiger partial charge < -0.3 is 20.3 Å². The van der Waals surface area contributed by atoms with Gasteiger partial charge in [0.25, 0.3) is 0 Å². The molecule has 0 aromatic heterocycles. The van der Waals surface area contributed by atoms with Crippen molar-refractivity contribution in [1.82, 2.24) is 5.32 Å². The Labute approximate surface area is 124 Å². The smallest absolute Gasteiger partial charge is 0.325 e. The zero-order valence-electron chi connectivity index (χ0n) is 12.2. The summed E-state index contributed by atoms with van der Waals surface area (Å²) in [6.45, 7) is 4.07. The van der Waals surface area contributed by atoms with E-state index in [-0.39, 0.29) is 6.54 Å². The zero-order chi connectivity index (χ0) is 15.1. The van der Waals surface area contributed by atoms with Crippen molar-refractivity contribution in [2.24, 2.45) is 0 Å². The Kier molecular flexibility index (Phi) is 5.43. The molecule has 0 atom stereocenters. The van der Waals surface area contributed by atoms with Crippen molar-refractivity contribution in [2.75, 3.05) is 36.5 Å². The highest BCUT2D eigenvalue weighted by Crippen LogP contribution is 2.21. The maximum atomic E-state index is 11.6. The molecule has 1 aliphatic heterocycles. The first-order valence-corrected chi connectivity index (χ1v) is 7.24. The molecule has 6 nitrogen and oxygen atoms in total. The number of hydrogen-bond donors (Lipinski definition) is 2. The minimum atomic E-state index is -0.447. The van der Waals surface area contributed by atoms with Gasteiger partial charge in [0.1, 0.15) is 6.54 Å². The van der Waals surface area contributed by atoms with Crippen LogP contribution in [-0.2, 0) is 9.53 Å². The largest absolute Gasteiger partial charge is 0.465 e. The molecule has 0 radical (unpaired) electrons. The molecule has 1 saturated heterocycles. The molecule has 0 saturated carbocycles. The molecule has 21 heavy (non-hydrogen) atoms. The lowest BCUT2D eigenvalue weighted by Crippen LogP contribution is -2.34. The summed E-state index contributed by atoms with van der Waals surface area (Å²) in [6.07, 6.45) is 2.46. The summed E-state index contributed by atoms with van der Waals surface area (Å²) in [6, 6.07) is 7.28. The number of urea groups is 1. The van der Waals surface area contributed by atoms with E-state index in [2.05, 4.69) is 15.5 Å². The first-order chi connectivity index (χ1) is 10.2. The number of carbonyl (C=O) groups is 2. The predicted octanol–water partition coefficient (Wildman–Crippen LogP) is 1.97. The highest BCUT2D eigenvalue weighted by atomic mass is 16.5. The van der Waals surface area contributed by atoms with E-state index in [1.54, 1.807) is 6.92 Å². The summed E-state index contributed by atoms with van der Waals surface area (Å²) >= 11 is 0. The van der Waals surface area contributed by atoms with Crippen molar-refractivity contribution in [3.8, 4) is 0 Å². The predicted molar refractivity (Wildman–Crippen MR) is 81.5 cm³/mol. The number of rotatable bonds is 5. The van der Waals surface area contributed by atoms with Gasteiger partial charge >= 0.3 is 12.0 Å². The fraction of sp³-hybridized carbons (Fsp3) is 0.467. The van der Waals surface area contributed by atoms with Gasteiger partial charge in [0.05, 0.1) is 6.61 Å². The molecule has 6 heteroatoms. The summed E-state index contributed by atoms with van der Waals surface area (Å²) < 4.78 is 4.73. The van der Waals surface area contributed by atoms with Gasteiger partial charge in [-0.15, -0.1) is 0 Å². The van der Waals surface area contributed by atoms with Gasteiger partial charge in [-0.25, -0.2) is 4.79 Å². The van der Waals surface area contributed by atoms with Crippen LogP contribution < -0.4 is 15.5 Å². The Bertz CT molecular complexity index is 481. The molecule has 1 heterocycles. The van der Waals surface area contributed by atoms with Crippen LogP contribution in [0.2, 0.25) is 0 Å². The van der Waals surface area contributed by atoms with E-state index in [9.17, 15) is 9.59 Å². The van der Waals surface area contributed by atoms with Gasteiger partial charge in [-0.1, -0.05) is 0 Å². The third kappa shape index (κ3) is 4.66. The summed E-state index contributed by atoms with van der Waals surface area (Å²) in [4.78, 5) is 25.1. The van der Waals surface area contributed by atoms with Crippen molar-refractivity contribution in [3.05, 3.63) is 24.3 Å². The minimum absolute atomic E-state index is 0.133. The molecular weight excluding hydrogens is 270 g/mol. The van der Waals surface area contributed by atoms with E-state index >= 15 is 0 Å². The SMILES string of the molecule is CCOC(=O)CNC(=O)Nc1ccc(N2CCCC2)cc1. The first-order valence-electron chi connectivity index (χ1n) is 7.24. The lowest BCUT2D eigenvalue weighted by atomic mass is 10.2. The third-order valence-corrected chi connectivity index (χ3v) is 3.29. The number of ether oxygens (including phenoxy) is 1. The highest BCUT2D eigenvalue weighted by Gasteiger charge is 2.12. The van der Waals surface area contributed by atoms with Gasteiger partial charge in [0.2, 0.25) is 0 Å². The Morgan fingerprint density at radius 3 is 2.48 bits per heavy atom. The van der Waals surface area contributed by atoms with E-state index in [1.165, 1.54) is 18.5 Å². The summed E-state index contributed by atoms with van der Waals surface area (Å²) in [5, 5.41) is 5.13. The van der Waals surface area contributed by atoms with Crippen LogP contribution in [0.4, 0.5) is 16.2 Å². The fourth-order valence-electron chi connectivity index (χ4n) is 2.27. The Morgan fingerprint density at radius 1 is 1.19 bits per heavy atom. The average Bonchev–Trinajstić information content (AvgIpc) is 3.00. The monoisotopic (exact) mass is 291 g/mol. The van der Waals surface area contributed by atoms with E-state index < -0.39 is 12.0 Å². The minimum Gasteiger partial charge on any atom is -0.465 e. The van der Waals surface area contributed by atoms with Crippen LogP contribution in [-0.4, -0.2) is 38.2 Å². The van der Waals surface area contributed by atoms with Crippen LogP contribution in [0.3, 0.4) is 0 Å². The number of benzene rings is 1. The highest BCUT2D eigenvalue weighted by molar-refractivity contribution is 5.91. The molecule has 0 aliphatic carbocycles. The molecule has 0 unspecified atom stereocenters. The van der Waals surface area contributed by atoms with Crippen molar-refractivity contribution in [2.45, 2.75) is 19.8 Å². The molecule has 1 aliphatic rings. The fourth-order valence-corrected chi connectivity index (χ4v) is 2.27. The molecule has 2 amide bonds. The van der Waals surface area contributed by atoms with Crippen LogP contribution in [0.1, 0.15) is 19.8 Å². The normalized spacial score (nSPS) is 13.9. The molecule has 1 aromatic carbocycles. The number of anilines is 2. The van der Waals surface area contributed by atoms with E-state index in [1.807, 2.05) is 24.3 Å². The number of esters is 1. The van der Waals surface area contributed by atoms with Gasteiger partial charge in [0.15, 0.2) is 0 Å². The second-order valence-electron chi connectivity index (χ2n) is 4.85. The Morgan fingerprint density at radius 2 is 1.86 bits per heavy atom. The number of hydrogen-bond acceptors (Lipinski definition) is 4. The van der Waals surface area contributed by atoms with Gasteiger partial charge in [0, 0.05) is 24.5 Å². The maximum Gasteiger partial charge on any atom is 0.325 e. The van der Waals surface area contributed by atoms with E-state index in [4.69, 9.17) is 4.74 Å². The van der Waals surface area contributed by atoms with Crippen LogP contribution in [0.5, 0.6) is 0 Å². The molecular formula is C15H21N3O3. The average molecular weight is 291 g/mol. The number of carbonyl (C=O) groups excluding carboxylic acids is 2.